The van der Waals surface area contributed by atoms with Crippen LogP contribution >= 0.6 is 0 Å². The van der Waals surface area contributed by atoms with Gasteiger partial charge in [-0.05, 0) is 24.6 Å². The Hall–Kier alpha value is -1.77. The summed E-state index contributed by atoms with van der Waals surface area (Å²) in [6.45, 7) is 3.05. The van der Waals surface area contributed by atoms with Crippen molar-refractivity contribution in [2.75, 3.05) is 5.32 Å². The number of rotatable bonds is 2. The maximum absolute atomic E-state index is 4.32. The third kappa shape index (κ3) is 1.40. The van der Waals surface area contributed by atoms with E-state index in [0.29, 0.717) is 6.04 Å². The van der Waals surface area contributed by atoms with Crippen molar-refractivity contribution in [2.24, 2.45) is 0 Å². The molecule has 1 unspecified atom stereocenters. The average molecular weight is 213 g/mol. The molecular weight excluding hydrogens is 198 g/mol. The predicted molar refractivity (Wildman–Crippen MR) is 64.4 cm³/mol. The molecule has 1 atom stereocenters. The molecule has 0 saturated heterocycles. The highest BCUT2D eigenvalue weighted by Gasteiger charge is 2.23. The first-order valence-corrected chi connectivity index (χ1v) is 5.74. The van der Waals surface area contributed by atoms with Crippen LogP contribution in [0, 0.1) is 0 Å². The van der Waals surface area contributed by atoms with Crippen LogP contribution in [-0.2, 0) is 13.0 Å². The molecule has 1 aliphatic rings. The Kier molecular flexibility index (Phi) is 2.17. The Balaban J connectivity index is 1.91. The zero-order valence-corrected chi connectivity index (χ0v) is 9.35. The predicted octanol–water partition coefficient (Wildman–Crippen LogP) is 2.61. The maximum Gasteiger partial charge on any atom is 0.0723 e. The second-order valence-electron chi connectivity index (χ2n) is 4.13. The van der Waals surface area contributed by atoms with Gasteiger partial charge >= 0.3 is 0 Å². The summed E-state index contributed by atoms with van der Waals surface area (Å²) in [6, 6.07) is 11.0. The van der Waals surface area contributed by atoms with Gasteiger partial charge in [-0.25, -0.2) is 0 Å². The molecule has 16 heavy (non-hydrogen) atoms. The number of anilines is 1. The summed E-state index contributed by atoms with van der Waals surface area (Å²) in [4.78, 5) is 0. The fraction of sp³-hybridized carbons (Fsp3) is 0.308. The fourth-order valence-electron chi connectivity index (χ4n) is 2.38. The van der Waals surface area contributed by atoms with Gasteiger partial charge in [0.25, 0.3) is 0 Å². The van der Waals surface area contributed by atoms with E-state index < -0.39 is 0 Å². The molecule has 0 spiro atoms. The van der Waals surface area contributed by atoms with Crippen LogP contribution in [0.15, 0.2) is 36.5 Å². The van der Waals surface area contributed by atoms with E-state index in [1.165, 1.54) is 16.9 Å². The highest BCUT2D eigenvalue weighted by atomic mass is 15.3. The van der Waals surface area contributed by atoms with Gasteiger partial charge in [-0.3, -0.25) is 4.68 Å². The highest BCUT2D eigenvalue weighted by Crippen LogP contribution is 2.33. The van der Waals surface area contributed by atoms with Gasteiger partial charge in [0, 0.05) is 24.8 Å². The Morgan fingerprint density at radius 1 is 1.38 bits per heavy atom. The van der Waals surface area contributed by atoms with E-state index in [1.54, 1.807) is 0 Å². The van der Waals surface area contributed by atoms with Gasteiger partial charge in [0.1, 0.15) is 0 Å². The molecule has 0 saturated carbocycles. The van der Waals surface area contributed by atoms with Crippen LogP contribution in [0.25, 0.3) is 0 Å². The first kappa shape index (κ1) is 9.46. The molecule has 1 aromatic carbocycles. The summed E-state index contributed by atoms with van der Waals surface area (Å²) >= 11 is 0. The molecule has 0 amide bonds. The van der Waals surface area contributed by atoms with Gasteiger partial charge in [0.2, 0.25) is 0 Å². The Morgan fingerprint density at radius 3 is 3.06 bits per heavy atom. The normalized spacial score (nSPS) is 18.2. The minimum atomic E-state index is 0.375. The lowest BCUT2D eigenvalue weighted by atomic mass is 10.1. The molecule has 82 valence electrons. The van der Waals surface area contributed by atoms with Crippen LogP contribution < -0.4 is 5.32 Å². The van der Waals surface area contributed by atoms with Crippen LogP contribution in [0.3, 0.4) is 0 Å². The number of aryl methyl sites for hydroxylation is 1. The zero-order chi connectivity index (χ0) is 11.0. The second-order valence-corrected chi connectivity index (χ2v) is 4.13. The van der Waals surface area contributed by atoms with Crippen molar-refractivity contribution in [1.29, 1.82) is 0 Å². The van der Waals surface area contributed by atoms with Crippen LogP contribution in [0.5, 0.6) is 0 Å². The molecule has 3 heteroatoms. The molecule has 0 aliphatic carbocycles. The lowest BCUT2D eigenvalue weighted by molar-refractivity contribution is 0.593. The van der Waals surface area contributed by atoms with Gasteiger partial charge in [0.05, 0.1) is 11.7 Å². The number of hydrogen-bond donors (Lipinski definition) is 1. The van der Waals surface area contributed by atoms with E-state index in [1.807, 2.05) is 6.20 Å². The molecule has 0 radical (unpaired) electrons. The number of nitrogens with one attached hydrogen (secondary N) is 1. The van der Waals surface area contributed by atoms with E-state index >= 15 is 0 Å². The minimum Gasteiger partial charge on any atom is -0.376 e. The summed E-state index contributed by atoms with van der Waals surface area (Å²) in [5, 5.41) is 7.87. The third-order valence-electron chi connectivity index (χ3n) is 3.18. The summed E-state index contributed by atoms with van der Waals surface area (Å²) in [5.74, 6) is 0. The van der Waals surface area contributed by atoms with Crippen molar-refractivity contribution in [3.05, 3.63) is 47.8 Å². The molecular formula is C13H15N3. The van der Waals surface area contributed by atoms with Gasteiger partial charge < -0.3 is 5.32 Å². The monoisotopic (exact) mass is 213 g/mol. The van der Waals surface area contributed by atoms with Crippen molar-refractivity contribution < 1.29 is 0 Å². The van der Waals surface area contributed by atoms with E-state index in [0.717, 1.165) is 13.0 Å². The molecule has 1 aliphatic heterocycles. The fourth-order valence-corrected chi connectivity index (χ4v) is 2.38. The lowest BCUT2D eigenvalue weighted by Crippen LogP contribution is -2.12. The molecule has 1 aromatic heterocycles. The Bertz CT molecular complexity index is 476. The van der Waals surface area contributed by atoms with Crippen molar-refractivity contribution in [3.8, 4) is 0 Å². The molecule has 3 nitrogen and oxygen atoms in total. The highest BCUT2D eigenvalue weighted by molar-refractivity contribution is 5.57. The first-order chi connectivity index (χ1) is 7.88. The summed E-state index contributed by atoms with van der Waals surface area (Å²) in [5.41, 5.74) is 3.94. The van der Waals surface area contributed by atoms with Crippen LogP contribution in [0.4, 0.5) is 5.69 Å². The first-order valence-electron chi connectivity index (χ1n) is 5.74. The quantitative estimate of drug-likeness (QED) is 0.831. The maximum atomic E-state index is 4.32. The van der Waals surface area contributed by atoms with Crippen molar-refractivity contribution in [3.63, 3.8) is 0 Å². The number of para-hydroxylation sites is 1. The van der Waals surface area contributed by atoms with Crippen molar-refractivity contribution in [2.45, 2.75) is 25.9 Å². The van der Waals surface area contributed by atoms with Crippen molar-refractivity contribution >= 4 is 5.69 Å². The van der Waals surface area contributed by atoms with Gasteiger partial charge in [0.15, 0.2) is 0 Å². The van der Waals surface area contributed by atoms with E-state index in [4.69, 9.17) is 0 Å². The molecule has 2 aromatic rings. The van der Waals surface area contributed by atoms with Gasteiger partial charge in [-0.1, -0.05) is 18.2 Å². The number of nitrogens with zero attached hydrogens (tertiary/aromatic N) is 2. The summed E-state index contributed by atoms with van der Waals surface area (Å²) < 4.78 is 2.06. The number of aromatic nitrogens is 2. The van der Waals surface area contributed by atoms with Crippen LogP contribution in [-0.4, -0.2) is 9.78 Å². The largest absolute Gasteiger partial charge is 0.376 e. The number of hydrogen-bond acceptors (Lipinski definition) is 2. The Labute approximate surface area is 95.1 Å². The topological polar surface area (TPSA) is 29.9 Å². The van der Waals surface area contributed by atoms with Crippen molar-refractivity contribution in [1.82, 2.24) is 9.78 Å². The second kappa shape index (κ2) is 3.67. The standard InChI is InChI=1S/C13H15N3/c1-2-16-13(7-8-14-16)12-9-10-5-3-4-6-11(10)15-12/h3-8,12,15H,2,9H2,1H3. The van der Waals surface area contributed by atoms with E-state index in [2.05, 4.69) is 52.4 Å². The lowest BCUT2D eigenvalue weighted by Gasteiger charge is -2.12. The molecule has 3 rings (SSSR count). The zero-order valence-electron chi connectivity index (χ0n) is 9.35. The SMILES string of the molecule is CCn1nccc1C1Cc2ccccc2N1. The number of benzene rings is 1. The van der Waals surface area contributed by atoms with Gasteiger partial charge in [-0.15, -0.1) is 0 Å². The smallest absolute Gasteiger partial charge is 0.0723 e. The van der Waals surface area contributed by atoms with E-state index in [-0.39, 0.29) is 0 Å². The number of fused-ring (bicyclic) bond motifs is 1. The molecule has 0 bridgehead atoms. The minimum absolute atomic E-state index is 0.375. The van der Waals surface area contributed by atoms with E-state index in [9.17, 15) is 0 Å². The molecule has 1 N–H and O–H groups in total. The molecule has 2 heterocycles. The van der Waals surface area contributed by atoms with Crippen LogP contribution in [0.1, 0.15) is 24.2 Å². The van der Waals surface area contributed by atoms with Crippen LogP contribution in [0.2, 0.25) is 0 Å². The Morgan fingerprint density at radius 2 is 2.25 bits per heavy atom. The average Bonchev–Trinajstić information content (AvgIpc) is 2.94. The molecule has 0 fully saturated rings. The summed E-state index contributed by atoms with van der Waals surface area (Å²) in [6.07, 6.45) is 2.94. The van der Waals surface area contributed by atoms with Gasteiger partial charge in [-0.2, -0.15) is 5.10 Å². The third-order valence-corrected chi connectivity index (χ3v) is 3.18. The summed E-state index contributed by atoms with van der Waals surface area (Å²) in [7, 11) is 0.